The average Bonchev–Trinajstić information content (AvgIpc) is 2.65. The highest BCUT2D eigenvalue weighted by Gasteiger charge is 2.33. The second kappa shape index (κ2) is 9.12. The van der Waals surface area contributed by atoms with E-state index in [2.05, 4.69) is 9.72 Å². The monoisotopic (exact) mass is 476 g/mol. The lowest BCUT2D eigenvalue weighted by Crippen LogP contribution is -2.25. The molecule has 0 unspecified atom stereocenters. The SMILES string of the molecule is O=C(O)C1=CCCCN(c2cncc(C(F)(F)F)c2)C(c2cc(F)cc(OC(F)(F)F)c2)=C1. The zero-order chi connectivity index (χ0) is 24.4. The number of ether oxygens (including phenoxy) is 1. The maximum atomic E-state index is 14.2. The van der Waals surface area contributed by atoms with Crippen molar-refractivity contribution in [3.8, 4) is 5.75 Å². The van der Waals surface area contributed by atoms with Crippen LogP contribution in [0.1, 0.15) is 24.0 Å². The summed E-state index contributed by atoms with van der Waals surface area (Å²) in [6, 6.07) is 2.88. The van der Waals surface area contributed by atoms with E-state index < -0.39 is 35.6 Å². The first-order valence-electron chi connectivity index (χ1n) is 9.35. The summed E-state index contributed by atoms with van der Waals surface area (Å²) in [5.74, 6) is -3.42. The topological polar surface area (TPSA) is 62.7 Å². The maximum absolute atomic E-state index is 14.2. The molecule has 0 atom stereocenters. The lowest BCUT2D eigenvalue weighted by atomic mass is 10.0. The number of halogens is 7. The van der Waals surface area contributed by atoms with Gasteiger partial charge in [-0.1, -0.05) is 6.08 Å². The Labute approximate surface area is 182 Å². The van der Waals surface area contributed by atoms with Gasteiger partial charge in [0.15, 0.2) is 0 Å². The molecule has 0 aliphatic carbocycles. The fourth-order valence-corrected chi connectivity index (χ4v) is 3.20. The molecule has 0 saturated carbocycles. The minimum Gasteiger partial charge on any atom is -0.478 e. The van der Waals surface area contributed by atoms with Crippen molar-refractivity contribution >= 4 is 17.4 Å². The lowest BCUT2D eigenvalue weighted by Gasteiger charge is -2.29. The first kappa shape index (κ1) is 24.1. The zero-order valence-electron chi connectivity index (χ0n) is 16.5. The Morgan fingerprint density at radius 2 is 1.79 bits per heavy atom. The number of alkyl halides is 6. The van der Waals surface area contributed by atoms with Crippen molar-refractivity contribution < 1.29 is 45.4 Å². The summed E-state index contributed by atoms with van der Waals surface area (Å²) in [6.45, 7) is 0.0458. The van der Waals surface area contributed by atoms with Crippen LogP contribution in [0.2, 0.25) is 0 Å². The molecule has 12 heteroatoms. The van der Waals surface area contributed by atoms with E-state index in [4.69, 9.17) is 0 Å². The standard InChI is InChI=1S/C21H15F7N2O3/c22-15-5-13(6-17(9-15)33-21(26,27)28)18-7-12(19(31)32)3-1-2-4-30(18)16-8-14(10-29-11-16)20(23,24)25/h3,5-11H,1-2,4H2,(H,31,32). The Balaban J connectivity index is 2.20. The highest BCUT2D eigenvalue weighted by Crippen LogP contribution is 2.36. The van der Waals surface area contributed by atoms with Gasteiger partial charge in [0.25, 0.3) is 0 Å². The smallest absolute Gasteiger partial charge is 0.478 e. The van der Waals surface area contributed by atoms with Crippen molar-refractivity contribution in [2.45, 2.75) is 25.4 Å². The van der Waals surface area contributed by atoms with Crippen LogP contribution in [-0.2, 0) is 11.0 Å². The fraction of sp³-hybridized carbons (Fsp3) is 0.238. The third-order valence-corrected chi connectivity index (χ3v) is 4.54. The number of aliphatic carboxylic acids is 1. The van der Waals surface area contributed by atoms with Gasteiger partial charge in [0.2, 0.25) is 0 Å². The van der Waals surface area contributed by atoms with Gasteiger partial charge in [0, 0.05) is 30.1 Å². The first-order valence-corrected chi connectivity index (χ1v) is 9.35. The largest absolute Gasteiger partial charge is 0.573 e. The molecule has 2 aromatic rings. The van der Waals surface area contributed by atoms with Crippen molar-refractivity contribution in [1.29, 1.82) is 0 Å². The number of allylic oxidation sites excluding steroid dienone is 1. The molecule has 2 heterocycles. The number of carboxylic acids is 1. The van der Waals surface area contributed by atoms with Crippen LogP contribution in [0.3, 0.4) is 0 Å². The molecule has 1 aliphatic rings. The molecule has 0 amide bonds. The summed E-state index contributed by atoms with van der Waals surface area (Å²) in [5, 5.41) is 9.45. The van der Waals surface area contributed by atoms with Gasteiger partial charge in [-0.05, 0) is 37.1 Å². The molecule has 3 rings (SSSR count). The summed E-state index contributed by atoms with van der Waals surface area (Å²) in [6.07, 6.45) is -5.22. The van der Waals surface area contributed by atoms with E-state index >= 15 is 0 Å². The second-order valence-corrected chi connectivity index (χ2v) is 6.94. The number of rotatable bonds is 4. The molecular formula is C21H15F7N2O3. The van der Waals surface area contributed by atoms with Crippen LogP contribution in [0.25, 0.3) is 5.70 Å². The number of benzene rings is 1. The van der Waals surface area contributed by atoms with E-state index in [-0.39, 0.29) is 41.9 Å². The van der Waals surface area contributed by atoms with Crippen LogP contribution in [-0.4, -0.2) is 29.0 Å². The van der Waals surface area contributed by atoms with E-state index in [9.17, 15) is 40.6 Å². The summed E-state index contributed by atoms with van der Waals surface area (Å²) < 4.78 is 95.5. The maximum Gasteiger partial charge on any atom is 0.573 e. The van der Waals surface area contributed by atoms with Gasteiger partial charge in [-0.25, -0.2) is 9.18 Å². The van der Waals surface area contributed by atoms with E-state index in [1.54, 1.807) is 0 Å². The van der Waals surface area contributed by atoms with E-state index in [0.29, 0.717) is 12.3 Å². The molecule has 1 N–H and O–H groups in total. The van der Waals surface area contributed by atoms with Crippen molar-refractivity contribution in [3.63, 3.8) is 0 Å². The number of carboxylic acid groups (broad SMARTS) is 1. The average molecular weight is 476 g/mol. The van der Waals surface area contributed by atoms with E-state index in [1.807, 2.05) is 0 Å². The summed E-state index contributed by atoms with van der Waals surface area (Å²) in [7, 11) is 0. The number of pyridine rings is 1. The lowest BCUT2D eigenvalue weighted by molar-refractivity contribution is -0.274. The molecular weight excluding hydrogens is 461 g/mol. The van der Waals surface area contributed by atoms with Crippen LogP contribution in [0.4, 0.5) is 36.4 Å². The van der Waals surface area contributed by atoms with Crippen molar-refractivity contribution in [2.75, 3.05) is 11.4 Å². The molecule has 0 radical (unpaired) electrons. The highest BCUT2D eigenvalue weighted by molar-refractivity contribution is 5.94. The molecule has 0 fully saturated rings. The highest BCUT2D eigenvalue weighted by atomic mass is 19.4. The van der Waals surface area contributed by atoms with Gasteiger partial charge >= 0.3 is 18.5 Å². The van der Waals surface area contributed by atoms with E-state index in [0.717, 1.165) is 30.5 Å². The Kier molecular flexibility index (Phi) is 6.65. The first-order chi connectivity index (χ1) is 15.3. The normalized spacial score (nSPS) is 15.3. The molecule has 0 saturated heterocycles. The molecule has 176 valence electrons. The number of anilines is 1. The molecule has 1 aromatic heterocycles. The predicted octanol–water partition coefficient (Wildman–Crippen LogP) is 5.79. The summed E-state index contributed by atoms with van der Waals surface area (Å²) >= 11 is 0. The molecule has 1 aliphatic heterocycles. The molecule has 0 bridgehead atoms. The number of hydrogen-bond donors (Lipinski definition) is 1. The van der Waals surface area contributed by atoms with Crippen LogP contribution in [0.5, 0.6) is 5.75 Å². The summed E-state index contributed by atoms with van der Waals surface area (Å²) in [5.41, 5.74) is -1.84. The predicted molar refractivity (Wildman–Crippen MR) is 103 cm³/mol. The molecule has 33 heavy (non-hydrogen) atoms. The number of aromatic nitrogens is 1. The van der Waals surface area contributed by atoms with Gasteiger partial charge in [0.1, 0.15) is 11.6 Å². The fourth-order valence-electron chi connectivity index (χ4n) is 3.20. The Morgan fingerprint density at radius 3 is 2.42 bits per heavy atom. The third-order valence-electron chi connectivity index (χ3n) is 4.54. The van der Waals surface area contributed by atoms with Crippen molar-refractivity contribution in [2.24, 2.45) is 0 Å². The van der Waals surface area contributed by atoms with Gasteiger partial charge in [0.05, 0.1) is 23.0 Å². The minimum absolute atomic E-state index is 0.0458. The Hall–Kier alpha value is -3.57. The van der Waals surface area contributed by atoms with Crippen LogP contribution in [0.15, 0.2) is 54.4 Å². The third kappa shape index (κ3) is 6.24. The number of hydrogen-bond acceptors (Lipinski definition) is 4. The molecule has 1 aromatic carbocycles. The number of nitrogens with zero attached hydrogens (tertiary/aromatic N) is 2. The summed E-state index contributed by atoms with van der Waals surface area (Å²) in [4.78, 5) is 16.4. The van der Waals surface area contributed by atoms with Gasteiger partial charge < -0.3 is 14.7 Å². The second-order valence-electron chi connectivity index (χ2n) is 6.94. The minimum atomic E-state index is -5.13. The Morgan fingerprint density at radius 1 is 1.06 bits per heavy atom. The van der Waals surface area contributed by atoms with Crippen LogP contribution < -0.4 is 9.64 Å². The van der Waals surface area contributed by atoms with E-state index in [1.165, 1.54) is 11.0 Å². The quantitative estimate of drug-likeness (QED) is 0.566. The van der Waals surface area contributed by atoms with Crippen molar-refractivity contribution in [3.05, 3.63) is 71.3 Å². The van der Waals surface area contributed by atoms with Crippen LogP contribution in [0, 0.1) is 5.82 Å². The number of carbonyl (C=O) groups is 1. The van der Waals surface area contributed by atoms with Gasteiger partial charge in [-0.2, -0.15) is 13.2 Å². The Bertz CT molecular complexity index is 1110. The van der Waals surface area contributed by atoms with Crippen molar-refractivity contribution in [1.82, 2.24) is 4.98 Å². The molecule has 0 spiro atoms. The van der Waals surface area contributed by atoms with Crippen LogP contribution >= 0.6 is 0 Å². The van der Waals surface area contributed by atoms with Gasteiger partial charge in [-0.15, -0.1) is 13.2 Å². The zero-order valence-corrected chi connectivity index (χ0v) is 16.5. The molecule has 5 nitrogen and oxygen atoms in total. The van der Waals surface area contributed by atoms with Gasteiger partial charge in [-0.3, -0.25) is 4.98 Å².